The molecule has 0 aromatic rings. The maximum absolute atomic E-state index is 2.53. The minimum atomic E-state index is 0.749. The van der Waals surface area contributed by atoms with Crippen molar-refractivity contribution >= 4 is 7.28 Å². The Morgan fingerprint density at radius 3 is 2.11 bits per heavy atom. The highest BCUT2D eigenvalue weighted by molar-refractivity contribution is 6.35. The lowest BCUT2D eigenvalue weighted by molar-refractivity contribution is 0.238. The molecule has 0 saturated carbocycles. The quantitative estimate of drug-likeness (QED) is 0.475. The lowest BCUT2D eigenvalue weighted by Crippen LogP contribution is -2.36. The molecule has 51 valence electrons. The van der Waals surface area contributed by atoms with Crippen LogP contribution in [0.4, 0.5) is 0 Å². The van der Waals surface area contributed by atoms with Gasteiger partial charge in [-0.2, -0.15) is 0 Å². The molecule has 0 N–H and O–H groups in total. The molecule has 0 atom stereocenters. The van der Waals surface area contributed by atoms with Gasteiger partial charge in [0.05, 0.1) is 0 Å². The average Bonchev–Trinajstić information content (AvgIpc) is 1.90. The van der Waals surface area contributed by atoms with Crippen molar-refractivity contribution in [3.8, 4) is 0 Å². The first-order chi connectivity index (χ1) is 4.30. The third-order valence-electron chi connectivity index (χ3n) is 1.97. The van der Waals surface area contributed by atoms with Gasteiger partial charge in [0, 0.05) is 6.04 Å². The van der Waals surface area contributed by atoms with E-state index in [1.165, 1.54) is 25.7 Å². The van der Waals surface area contributed by atoms with E-state index >= 15 is 0 Å². The van der Waals surface area contributed by atoms with Crippen molar-refractivity contribution in [2.24, 2.45) is 0 Å². The molecule has 1 fully saturated rings. The topological polar surface area (TPSA) is 3.24 Å². The lowest BCUT2D eigenvalue weighted by Gasteiger charge is -2.29. The van der Waals surface area contributed by atoms with Gasteiger partial charge in [-0.05, 0) is 26.9 Å². The Kier molecular flexibility index (Phi) is 2.58. The van der Waals surface area contributed by atoms with E-state index < -0.39 is 0 Å². The Balaban J connectivity index is 2.23. The van der Waals surface area contributed by atoms with Crippen LogP contribution in [-0.2, 0) is 0 Å². The van der Waals surface area contributed by atoms with E-state index in [0.717, 1.165) is 6.04 Å². The van der Waals surface area contributed by atoms with Gasteiger partial charge >= 0.3 is 0 Å². The summed E-state index contributed by atoms with van der Waals surface area (Å²) < 4.78 is 0. The zero-order valence-corrected chi connectivity index (χ0v) is 6.43. The van der Waals surface area contributed by atoms with Gasteiger partial charge < -0.3 is 4.90 Å². The normalized spacial score (nSPS) is 22.1. The summed E-state index contributed by atoms with van der Waals surface area (Å²) in [6.45, 7) is 7.09. The lowest BCUT2D eigenvalue weighted by atomic mass is 9.68. The van der Waals surface area contributed by atoms with Crippen molar-refractivity contribution in [1.82, 2.24) is 4.90 Å². The van der Waals surface area contributed by atoms with Crippen molar-refractivity contribution in [2.45, 2.75) is 32.5 Å². The second-order valence-electron chi connectivity index (χ2n) is 3.00. The number of nitrogens with zero attached hydrogens (tertiary/aromatic N) is 1. The molecule has 1 nitrogen and oxygen atoms in total. The zero-order valence-electron chi connectivity index (χ0n) is 6.43. The van der Waals surface area contributed by atoms with Crippen molar-refractivity contribution in [3.05, 3.63) is 0 Å². The summed E-state index contributed by atoms with van der Waals surface area (Å²) in [4.78, 5) is 2.53. The summed E-state index contributed by atoms with van der Waals surface area (Å²) in [6.07, 6.45) is 2.58. The maximum atomic E-state index is 2.53. The molecule has 1 heterocycles. The molecule has 0 aliphatic carbocycles. The maximum Gasteiger partial charge on any atom is 0.112 e. The van der Waals surface area contributed by atoms with Crippen LogP contribution in [-0.4, -0.2) is 31.3 Å². The van der Waals surface area contributed by atoms with Gasteiger partial charge in [-0.3, -0.25) is 0 Å². The first-order valence-electron chi connectivity index (χ1n) is 3.86. The van der Waals surface area contributed by atoms with Crippen LogP contribution < -0.4 is 0 Å². The van der Waals surface area contributed by atoms with Crippen molar-refractivity contribution in [2.75, 3.05) is 13.1 Å². The van der Waals surface area contributed by atoms with Crippen LogP contribution in [0.1, 0.15) is 13.8 Å². The molecule has 0 aromatic heterocycles. The third-order valence-corrected chi connectivity index (χ3v) is 1.97. The highest BCUT2D eigenvalue weighted by Gasteiger charge is 2.12. The molecule has 0 spiro atoms. The smallest absolute Gasteiger partial charge is 0.112 e. The molecular formula is C7H15BN. The van der Waals surface area contributed by atoms with Gasteiger partial charge in [-0.1, -0.05) is 12.6 Å². The van der Waals surface area contributed by atoms with Crippen LogP contribution in [0.25, 0.3) is 0 Å². The highest BCUT2D eigenvalue weighted by atomic mass is 15.1. The minimum Gasteiger partial charge on any atom is -0.302 e. The molecule has 1 aliphatic heterocycles. The minimum absolute atomic E-state index is 0.749. The SMILES string of the molecule is CC(C)N1CC[B]CC1. The van der Waals surface area contributed by atoms with Gasteiger partial charge in [0.25, 0.3) is 0 Å². The highest BCUT2D eigenvalue weighted by Crippen LogP contribution is 2.06. The van der Waals surface area contributed by atoms with Crippen LogP contribution in [0.5, 0.6) is 0 Å². The van der Waals surface area contributed by atoms with Crippen molar-refractivity contribution in [1.29, 1.82) is 0 Å². The van der Waals surface area contributed by atoms with E-state index in [1.54, 1.807) is 0 Å². The van der Waals surface area contributed by atoms with Gasteiger partial charge in [0.15, 0.2) is 0 Å². The molecule has 9 heavy (non-hydrogen) atoms. The molecule has 0 amide bonds. The molecule has 1 aliphatic rings. The molecular weight excluding hydrogens is 109 g/mol. The van der Waals surface area contributed by atoms with E-state index in [2.05, 4.69) is 26.0 Å². The van der Waals surface area contributed by atoms with E-state index in [-0.39, 0.29) is 0 Å². The van der Waals surface area contributed by atoms with E-state index in [9.17, 15) is 0 Å². The number of rotatable bonds is 1. The average molecular weight is 124 g/mol. The first kappa shape index (κ1) is 7.14. The van der Waals surface area contributed by atoms with Crippen molar-refractivity contribution < 1.29 is 0 Å². The summed E-state index contributed by atoms with van der Waals surface area (Å²) in [5.74, 6) is 0. The Hall–Kier alpha value is 0.0249. The molecule has 0 aromatic carbocycles. The fourth-order valence-electron chi connectivity index (χ4n) is 1.29. The molecule has 1 saturated heterocycles. The van der Waals surface area contributed by atoms with Crippen LogP contribution >= 0.6 is 0 Å². The standard InChI is InChI=1S/C7H15BN/c1-7(2)9-5-3-8-4-6-9/h7H,3-6H2,1-2H3. The Bertz CT molecular complexity index is 77.0. The Morgan fingerprint density at radius 1 is 1.22 bits per heavy atom. The predicted octanol–water partition coefficient (Wildman–Crippen LogP) is 1.25. The number of hydrogen-bond donors (Lipinski definition) is 0. The molecule has 1 radical (unpaired) electrons. The second kappa shape index (κ2) is 3.26. The van der Waals surface area contributed by atoms with Crippen molar-refractivity contribution in [3.63, 3.8) is 0 Å². The zero-order chi connectivity index (χ0) is 6.69. The fourth-order valence-corrected chi connectivity index (χ4v) is 1.29. The largest absolute Gasteiger partial charge is 0.302 e. The van der Waals surface area contributed by atoms with Gasteiger partial charge in [-0.25, -0.2) is 0 Å². The summed E-state index contributed by atoms with van der Waals surface area (Å²) >= 11 is 0. The van der Waals surface area contributed by atoms with E-state index in [1.807, 2.05) is 0 Å². The first-order valence-corrected chi connectivity index (χ1v) is 3.86. The summed E-state index contributed by atoms with van der Waals surface area (Å²) in [6, 6.07) is 0.749. The van der Waals surface area contributed by atoms with Gasteiger partial charge in [0.1, 0.15) is 7.28 Å². The Morgan fingerprint density at radius 2 is 1.78 bits per heavy atom. The van der Waals surface area contributed by atoms with Crippen LogP contribution in [0.2, 0.25) is 12.6 Å². The summed E-state index contributed by atoms with van der Waals surface area (Å²) in [5, 5.41) is 0. The molecule has 2 heteroatoms. The van der Waals surface area contributed by atoms with Crippen LogP contribution in [0, 0.1) is 0 Å². The van der Waals surface area contributed by atoms with Gasteiger partial charge in [0.2, 0.25) is 0 Å². The molecule has 0 unspecified atom stereocenters. The molecule has 0 bridgehead atoms. The summed E-state index contributed by atoms with van der Waals surface area (Å²) in [5.41, 5.74) is 0. The molecule has 1 rings (SSSR count). The van der Waals surface area contributed by atoms with Crippen LogP contribution in [0.15, 0.2) is 0 Å². The third kappa shape index (κ3) is 2.01. The second-order valence-corrected chi connectivity index (χ2v) is 3.00. The number of hydrogen-bond acceptors (Lipinski definition) is 1. The summed E-state index contributed by atoms with van der Waals surface area (Å²) in [7, 11) is 2.39. The van der Waals surface area contributed by atoms with E-state index in [4.69, 9.17) is 0 Å². The monoisotopic (exact) mass is 124 g/mol. The van der Waals surface area contributed by atoms with Gasteiger partial charge in [-0.15, -0.1) is 0 Å². The Labute approximate surface area is 58.7 Å². The fraction of sp³-hybridized carbons (Fsp3) is 1.00. The predicted molar refractivity (Wildman–Crippen MR) is 42.1 cm³/mol. The van der Waals surface area contributed by atoms with Crippen LogP contribution in [0.3, 0.4) is 0 Å². The van der Waals surface area contributed by atoms with E-state index in [0.29, 0.717) is 0 Å².